The number of nitrogens with zero attached hydrogens (tertiary/aromatic N) is 1. The lowest BCUT2D eigenvalue weighted by Crippen LogP contribution is -2.45. The molecule has 2 rings (SSSR count). The molecule has 11 heteroatoms. The van der Waals surface area contributed by atoms with E-state index in [4.69, 9.17) is 23.2 Å². The SMILES string of the molecule is CC(C)CC(NCC(C(=O)O)C(=O)Nc1nc2cc(Cl)c(Cl)cc2s1)C(=O)O. The van der Waals surface area contributed by atoms with Crippen LogP contribution in [0.2, 0.25) is 10.0 Å². The normalized spacial score (nSPS) is 13.5. The third-order valence-corrected chi connectivity index (χ3v) is 5.50. The molecule has 8 nitrogen and oxygen atoms in total. The van der Waals surface area contributed by atoms with Crippen molar-refractivity contribution < 1.29 is 24.6 Å². The van der Waals surface area contributed by atoms with E-state index in [0.29, 0.717) is 26.7 Å². The minimum Gasteiger partial charge on any atom is -0.481 e. The Morgan fingerprint density at radius 3 is 2.36 bits per heavy atom. The van der Waals surface area contributed by atoms with Crippen LogP contribution in [0.4, 0.5) is 5.13 Å². The van der Waals surface area contributed by atoms with E-state index in [9.17, 15) is 24.6 Å². The molecule has 0 radical (unpaired) electrons. The van der Waals surface area contributed by atoms with Crippen LogP contribution in [-0.4, -0.2) is 45.6 Å². The summed E-state index contributed by atoms with van der Waals surface area (Å²) < 4.78 is 0.678. The van der Waals surface area contributed by atoms with Crippen LogP contribution < -0.4 is 10.6 Å². The molecule has 0 saturated heterocycles. The lowest BCUT2D eigenvalue weighted by molar-refractivity contribution is -0.146. The molecule has 152 valence electrons. The molecule has 1 amide bonds. The summed E-state index contributed by atoms with van der Waals surface area (Å²) in [5.74, 6) is -4.66. The Bertz CT molecular complexity index is 863. The van der Waals surface area contributed by atoms with Gasteiger partial charge in [0, 0.05) is 6.54 Å². The van der Waals surface area contributed by atoms with Gasteiger partial charge in [-0.05, 0) is 24.5 Å². The summed E-state index contributed by atoms with van der Waals surface area (Å²) in [5.41, 5.74) is 0.516. The van der Waals surface area contributed by atoms with Crippen molar-refractivity contribution in [2.45, 2.75) is 26.3 Å². The molecular formula is C17H19Cl2N3O5S. The summed E-state index contributed by atoms with van der Waals surface area (Å²) in [5, 5.41) is 24.6. The van der Waals surface area contributed by atoms with Gasteiger partial charge >= 0.3 is 11.9 Å². The summed E-state index contributed by atoms with van der Waals surface area (Å²) in [6.45, 7) is 3.38. The number of fused-ring (bicyclic) bond motifs is 1. The molecular weight excluding hydrogens is 429 g/mol. The number of carbonyl (C=O) groups excluding carboxylic acids is 1. The number of anilines is 1. The molecule has 28 heavy (non-hydrogen) atoms. The fourth-order valence-electron chi connectivity index (χ4n) is 2.46. The van der Waals surface area contributed by atoms with Gasteiger partial charge in [0.15, 0.2) is 5.13 Å². The number of rotatable bonds is 9. The van der Waals surface area contributed by atoms with E-state index in [-0.39, 0.29) is 17.6 Å². The molecule has 0 fully saturated rings. The second-order valence-corrected chi connectivity index (χ2v) is 8.41. The van der Waals surface area contributed by atoms with Crippen LogP contribution in [0.3, 0.4) is 0 Å². The summed E-state index contributed by atoms with van der Waals surface area (Å²) in [6, 6.07) is 2.21. The number of nitrogens with one attached hydrogen (secondary N) is 2. The number of carboxylic acids is 2. The van der Waals surface area contributed by atoms with E-state index in [1.54, 1.807) is 12.1 Å². The second-order valence-electron chi connectivity index (χ2n) is 6.56. The summed E-state index contributed by atoms with van der Waals surface area (Å²) in [6.07, 6.45) is 0.308. The molecule has 2 atom stereocenters. The third kappa shape index (κ3) is 5.78. The topological polar surface area (TPSA) is 129 Å². The quantitative estimate of drug-likeness (QED) is 0.433. The van der Waals surface area contributed by atoms with Crippen LogP contribution in [0.1, 0.15) is 20.3 Å². The van der Waals surface area contributed by atoms with Gasteiger partial charge in [0.25, 0.3) is 0 Å². The van der Waals surface area contributed by atoms with E-state index in [1.165, 1.54) is 0 Å². The predicted octanol–water partition coefficient (Wildman–Crippen LogP) is 3.33. The van der Waals surface area contributed by atoms with Gasteiger partial charge in [-0.1, -0.05) is 48.4 Å². The van der Waals surface area contributed by atoms with Crippen LogP contribution in [0.15, 0.2) is 12.1 Å². The van der Waals surface area contributed by atoms with Crippen LogP contribution in [0.5, 0.6) is 0 Å². The molecule has 2 unspecified atom stereocenters. The Morgan fingerprint density at radius 2 is 1.79 bits per heavy atom. The first-order chi connectivity index (χ1) is 13.1. The molecule has 1 heterocycles. The number of amides is 1. The lowest BCUT2D eigenvalue weighted by atomic mass is 10.0. The van der Waals surface area contributed by atoms with Gasteiger partial charge in [0.2, 0.25) is 5.91 Å². The van der Waals surface area contributed by atoms with Crippen molar-refractivity contribution in [1.82, 2.24) is 10.3 Å². The monoisotopic (exact) mass is 447 g/mol. The number of carbonyl (C=O) groups is 3. The summed E-state index contributed by atoms with van der Waals surface area (Å²) in [7, 11) is 0. The average molecular weight is 448 g/mol. The minimum absolute atomic E-state index is 0.0899. The Balaban J connectivity index is 2.10. The number of carboxylic acid groups (broad SMARTS) is 2. The van der Waals surface area contributed by atoms with Crippen molar-refractivity contribution in [3.05, 3.63) is 22.2 Å². The largest absolute Gasteiger partial charge is 0.481 e. The molecule has 0 bridgehead atoms. The number of aliphatic carboxylic acids is 2. The van der Waals surface area contributed by atoms with Crippen LogP contribution in [0, 0.1) is 11.8 Å². The van der Waals surface area contributed by atoms with E-state index >= 15 is 0 Å². The second kappa shape index (κ2) is 9.51. The molecule has 0 saturated carbocycles. The number of benzene rings is 1. The van der Waals surface area contributed by atoms with Gasteiger partial charge in [0.05, 0.1) is 20.3 Å². The zero-order valence-corrected chi connectivity index (χ0v) is 17.4. The van der Waals surface area contributed by atoms with Gasteiger partial charge in [-0.2, -0.15) is 0 Å². The zero-order valence-electron chi connectivity index (χ0n) is 15.0. The molecule has 0 aliphatic carbocycles. The van der Waals surface area contributed by atoms with Crippen molar-refractivity contribution in [3.8, 4) is 0 Å². The van der Waals surface area contributed by atoms with Crippen molar-refractivity contribution in [2.75, 3.05) is 11.9 Å². The average Bonchev–Trinajstić information content (AvgIpc) is 2.94. The Morgan fingerprint density at radius 1 is 1.14 bits per heavy atom. The summed E-state index contributed by atoms with van der Waals surface area (Å²) >= 11 is 13.0. The first-order valence-corrected chi connectivity index (χ1v) is 9.91. The zero-order chi connectivity index (χ0) is 21.0. The Hall–Kier alpha value is -1.94. The lowest BCUT2D eigenvalue weighted by Gasteiger charge is -2.19. The van der Waals surface area contributed by atoms with E-state index in [1.807, 2.05) is 13.8 Å². The van der Waals surface area contributed by atoms with Gasteiger partial charge in [-0.3, -0.25) is 14.4 Å². The molecule has 1 aromatic carbocycles. The molecule has 4 N–H and O–H groups in total. The standard InChI is InChI=1S/C17H19Cl2N3O5S/c1-7(2)3-12(16(26)27)20-6-8(15(24)25)14(23)22-17-21-11-4-9(18)10(19)5-13(11)28-17/h4-5,7-8,12,20H,3,6H2,1-2H3,(H,24,25)(H,26,27)(H,21,22,23). The van der Waals surface area contributed by atoms with Gasteiger partial charge in [0.1, 0.15) is 12.0 Å². The van der Waals surface area contributed by atoms with Gasteiger partial charge in [-0.25, -0.2) is 4.98 Å². The first kappa shape index (κ1) is 22.4. The Kier molecular flexibility index (Phi) is 7.59. The van der Waals surface area contributed by atoms with Crippen molar-refractivity contribution >= 4 is 67.7 Å². The van der Waals surface area contributed by atoms with Crippen molar-refractivity contribution in [3.63, 3.8) is 0 Å². The fourth-order valence-corrected chi connectivity index (χ4v) is 3.74. The number of thiazole rings is 1. The van der Waals surface area contributed by atoms with Crippen molar-refractivity contribution in [2.24, 2.45) is 11.8 Å². The minimum atomic E-state index is -1.48. The predicted molar refractivity (Wildman–Crippen MR) is 108 cm³/mol. The van der Waals surface area contributed by atoms with Crippen molar-refractivity contribution in [1.29, 1.82) is 0 Å². The summed E-state index contributed by atoms with van der Waals surface area (Å²) in [4.78, 5) is 39.4. The molecule has 0 aliphatic heterocycles. The highest BCUT2D eigenvalue weighted by atomic mass is 35.5. The number of hydrogen-bond acceptors (Lipinski definition) is 6. The first-order valence-electron chi connectivity index (χ1n) is 8.34. The Labute approximate surface area is 174 Å². The van der Waals surface area contributed by atoms with E-state index in [2.05, 4.69) is 15.6 Å². The molecule has 2 aromatic rings. The number of hydrogen-bond donors (Lipinski definition) is 4. The fraction of sp³-hybridized carbons (Fsp3) is 0.412. The molecule has 1 aromatic heterocycles. The maximum Gasteiger partial charge on any atom is 0.320 e. The van der Waals surface area contributed by atoms with Crippen LogP contribution in [-0.2, 0) is 14.4 Å². The molecule has 0 spiro atoms. The maximum absolute atomic E-state index is 12.4. The smallest absolute Gasteiger partial charge is 0.320 e. The van der Waals surface area contributed by atoms with Crippen LogP contribution in [0.25, 0.3) is 10.2 Å². The maximum atomic E-state index is 12.4. The van der Waals surface area contributed by atoms with Crippen LogP contribution >= 0.6 is 34.5 Å². The van der Waals surface area contributed by atoms with E-state index < -0.39 is 29.8 Å². The highest BCUT2D eigenvalue weighted by Gasteiger charge is 2.29. The van der Waals surface area contributed by atoms with Gasteiger partial charge < -0.3 is 20.8 Å². The third-order valence-electron chi connectivity index (χ3n) is 3.85. The highest BCUT2D eigenvalue weighted by molar-refractivity contribution is 7.22. The highest BCUT2D eigenvalue weighted by Crippen LogP contribution is 2.33. The molecule has 0 aliphatic rings. The van der Waals surface area contributed by atoms with Gasteiger partial charge in [-0.15, -0.1) is 0 Å². The number of aromatic nitrogens is 1. The number of halogens is 2. The van der Waals surface area contributed by atoms with E-state index in [0.717, 1.165) is 11.3 Å².